The molecular weight excluding hydrogens is 736 g/mol. The molecule has 19 nitrogen and oxygen atoms in total. The van der Waals surface area contributed by atoms with Crippen LogP contribution in [0.2, 0.25) is 0 Å². The smallest absolute Gasteiger partial charge is 0.309 e. The molecule has 2 atom stereocenters. The standard InChI is InChI=1S/C22H28O9.C14H20O10/c1-16(23)10-11-19(25)28-14-6-9-22(30-17(2)24)31-21(27)13-12-20(26)29-15-18-7-4-3-5-8-18;1-9(15)23-14(24-13(21)7-5-11(18)19)3-2-8-22-12(20)6-4-10(16)17/h3-5,7-8,22H,6,9-15H2,1-2H3;14H,2-8H2,1H3,(H,16,17)(H,18,19). The predicted molar refractivity (Wildman–Crippen MR) is 183 cm³/mol. The maximum atomic E-state index is 12.0. The zero-order valence-electron chi connectivity index (χ0n) is 31.0. The predicted octanol–water partition coefficient (Wildman–Crippen LogP) is 3.11. The molecule has 0 saturated carbocycles. The van der Waals surface area contributed by atoms with Crippen molar-refractivity contribution in [2.75, 3.05) is 13.2 Å². The maximum absolute atomic E-state index is 12.0. The third-order valence-corrected chi connectivity index (χ3v) is 6.36. The summed E-state index contributed by atoms with van der Waals surface area (Å²) in [4.78, 5) is 111. The van der Waals surface area contributed by atoms with E-state index in [-0.39, 0.29) is 96.2 Å². The van der Waals surface area contributed by atoms with Crippen molar-refractivity contribution in [3.8, 4) is 0 Å². The third-order valence-electron chi connectivity index (χ3n) is 6.36. The summed E-state index contributed by atoms with van der Waals surface area (Å²) >= 11 is 0. The molecule has 1 aromatic rings. The normalized spacial score (nSPS) is 11.2. The van der Waals surface area contributed by atoms with Crippen LogP contribution >= 0.6 is 0 Å². The summed E-state index contributed by atoms with van der Waals surface area (Å²) in [7, 11) is 0. The van der Waals surface area contributed by atoms with Gasteiger partial charge in [-0.3, -0.25) is 43.2 Å². The Kier molecular flexibility index (Phi) is 26.4. The Morgan fingerprint density at radius 1 is 0.491 bits per heavy atom. The van der Waals surface area contributed by atoms with E-state index >= 15 is 0 Å². The van der Waals surface area contributed by atoms with Gasteiger partial charge in [0, 0.05) is 33.1 Å². The van der Waals surface area contributed by atoms with Crippen molar-refractivity contribution in [3.05, 3.63) is 35.9 Å². The average Bonchev–Trinajstić information content (AvgIpc) is 3.10. The third kappa shape index (κ3) is 31.4. The van der Waals surface area contributed by atoms with Gasteiger partial charge in [0.1, 0.15) is 12.4 Å². The van der Waals surface area contributed by atoms with Crippen LogP contribution in [0.4, 0.5) is 0 Å². The summed E-state index contributed by atoms with van der Waals surface area (Å²) in [5.74, 6) is -7.01. The summed E-state index contributed by atoms with van der Waals surface area (Å²) in [6.45, 7) is 3.73. The molecule has 306 valence electrons. The Labute approximate surface area is 316 Å². The number of carbonyl (C=O) groups excluding carboxylic acids is 8. The first kappa shape index (κ1) is 49.1. The fourth-order valence-electron chi connectivity index (χ4n) is 3.79. The van der Waals surface area contributed by atoms with Crippen LogP contribution in [0.15, 0.2) is 30.3 Å². The van der Waals surface area contributed by atoms with E-state index in [2.05, 4.69) is 0 Å². The van der Waals surface area contributed by atoms with Crippen LogP contribution in [0.5, 0.6) is 0 Å². The molecule has 0 bridgehead atoms. The van der Waals surface area contributed by atoms with Crippen molar-refractivity contribution < 1.29 is 91.3 Å². The molecule has 55 heavy (non-hydrogen) atoms. The number of hydrogen-bond donors (Lipinski definition) is 2. The minimum absolute atomic E-state index is 0.00192. The van der Waals surface area contributed by atoms with Gasteiger partial charge in [-0.1, -0.05) is 30.3 Å². The molecule has 0 fully saturated rings. The van der Waals surface area contributed by atoms with E-state index in [9.17, 15) is 47.9 Å². The lowest BCUT2D eigenvalue weighted by atomic mass is 10.2. The second-order valence-corrected chi connectivity index (χ2v) is 11.4. The second kappa shape index (κ2) is 29.6. The largest absolute Gasteiger partial charge is 0.481 e. The van der Waals surface area contributed by atoms with Crippen LogP contribution in [-0.2, 0) is 87.7 Å². The molecule has 0 radical (unpaired) electrons. The molecule has 1 aromatic carbocycles. The SMILES string of the molecule is CC(=O)CCC(=O)OCCCC(OC(C)=O)OC(=O)CCC(=O)OCc1ccccc1.CC(=O)OC(CCCOC(=O)CCC(=O)O)OC(=O)CCC(=O)O. The van der Waals surface area contributed by atoms with Crippen LogP contribution in [0, 0.1) is 0 Å². The van der Waals surface area contributed by atoms with Crippen molar-refractivity contribution in [1.29, 1.82) is 0 Å². The molecule has 0 spiro atoms. The highest BCUT2D eigenvalue weighted by molar-refractivity contribution is 5.81. The van der Waals surface area contributed by atoms with Crippen LogP contribution < -0.4 is 0 Å². The molecule has 0 aliphatic rings. The Balaban J connectivity index is 0.00000110. The Morgan fingerprint density at radius 3 is 1.29 bits per heavy atom. The molecule has 2 unspecified atom stereocenters. The van der Waals surface area contributed by atoms with Gasteiger partial charge in [0.05, 0.1) is 58.2 Å². The van der Waals surface area contributed by atoms with E-state index in [0.717, 1.165) is 12.5 Å². The number of carboxylic acid groups (broad SMARTS) is 2. The Bertz CT molecular complexity index is 1420. The van der Waals surface area contributed by atoms with Crippen LogP contribution in [0.1, 0.15) is 103 Å². The molecular formula is C36H48O19. The number of Topliss-reactive ketones (excluding diaryl/α,β-unsaturated/α-hetero) is 1. The van der Waals surface area contributed by atoms with Gasteiger partial charge in [-0.2, -0.15) is 0 Å². The number of carboxylic acids is 2. The highest BCUT2D eigenvalue weighted by atomic mass is 16.7. The van der Waals surface area contributed by atoms with E-state index in [1.165, 1.54) is 13.8 Å². The lowest BCUT2D eigenvalue weighted by molar-refractivity contribution is -0.190. The fourth-order valence-corrected chi connectivity index (χ4v) is 3.79. The van der Waals surface area contributed by atoms with E-state index in [1.807, 2.05) is 30.3 Å². The molecule has 0 aliphatic heterocycles. The first-order valence-corrected chi connectivity index (χ1v) is 17.1. The number of ketones is 1. The number of carbonyl (C=O) groups is 10. The average molecular weight is 785 g/mol. The number of benzene rings is 1. The lowest BCUT2D eigenvalue weighted by Gasteiger charge is -2.17. The van der Waals surface area contributed by atoms with Crippen molar-refractivity contribution >= 4 is 59.5 Å². The molecule has 0 amide bonds. The zero-order chi connectivity index (χ0) is 41.6. The monoisotopic (exact) mass is 784 g/mol. The van der Waals surface area contributed by atoms with Crippen molar-refractivity contribution in [2.45, 2.75) is 117 Å². The minimum atomic E-state index is -1.21. The van der Waals surface area contributed by atoms with Gasteiger partial charge in [-0.05, 0) is 25.3 Å². The summed E-state index contributed by atoms with van der Waals surface area (Å²) in [5, 5.41) is 16.9. The van der Waals surface area contributed by atoms with Gasteiger partial charge < -0.3 is 48.2 Å². The van der Waals surface area contributed by atoms with Crippen molar-refractivity contribution in [1.82, 2.24) is 0 Å². The van der Waals surface area contributed by atoms with Gasteiger partial charge in [-0.25, -0.2) is 0 Å². The summed E-state index contributed by atoms with van der Waals surface area (Å²) in [6, 6.07) is 9.11. The minimum Gasteiger partial charge on any atom is -0.481 e. The molecule has 19 heteroatoms. The highest BCUT2D eigenvalue weighted by Crippen LogP contribution is 2.11. The van der Waals surface area contributed by atoms with Gasteiger partial charge in [0.25, 0.3) is 0 Å². The molecule has 0 aromatic heterocycles. The summed E-state index contributed by atoms with van der Waals surface area (Å²) < 4.78 is 34.4. The topological polar surface area (TPSA) is 276 Å². The lowest BCUT2D eigenvalue weighted by Crippen LogP contribution is -2.24. The number of aliphatic carboxylic acids is 2. The molecule has 0 saturated heterocycles. The van der Waals surface area contributed by atoms with Gasteiger partial charge in [-0.15, -0.1) is 0 Å². The Morgan fingerprint density at radius 2 is 0.873 bits per heavy atom. The van der Waals surface area contributed by atoms with Crippen molar-refractivity contribution in [2.24, 2.45) is 0 Å². The summed E-state index contributed by atoms with van der Waals surface area (Å²) in [5.41, 5.74) is 0.829. The fraction of sp³-hybridized carbons (Fsp3) is 0.556. The van der Waals surface area contributed by atoms with Gasteiger partial charge >= 0.3 is 53.7 Å². The van der Waals surface area contributed by atoms with Crippen LogP contribution in [0.25, 0.3) is 0 Å². The van der Waals surface area contributed by atoms with E-state index < -0.39 is 72.7 Å². The van der Waals surface area contributed by atoms with Crippen LogP contribution in [0.3, 0.4) is 0 Å². The Hall–Kier alpha value is -5.88. The van der Waals surface area contributed by atoms with Crippen molar-refractivity contribution in [3.63, 3.8) is 0 Å². The zero-order valence-corrected chi connectivity index (χ0v) is 31.0. The van der Waals surface area contributed by atoms with Crippen LogP contribution in [-0.4, -0.2) is 95.5 Å². The van der Waals surface area contributed by atoms with Gasteiger partial charge in [0.2, 0.25) is 12.6 Å². The quantitative estimate of drug-likeness (QED) is 0.0591. The van der Waals surface area contributed by atoms with Gasteiger partial charge in [0.15, 0.2) is 0 Å². The number of hydrogen-bond acceptors (Lipinski definition) is 17. The number of ether oxygens (including phenoxy) is 7. The summed E-state index contributed by atoms with van der Waals surface area (Å²) in [6.07, 6.45) is -3.39. The number of rotatable bonds is 26. The maximum Gasteiger partial charge on any atom is 0.309 e. The highest BCUT2D eigenvalue weighted by Gasteiger charge is 2.20. The van der Waals surface area contributed by atoms with E-state index in [0.29, 0.717) is 0 Å². The van der Waals surface area contributed by atoms with E-state index in [4.69, 9.17) is 43.4 Å². The molecule has 1 rings (SSSR count). The first-order valence-electron chi connectivity index (χ1n) is 17.1. The number of esters is 7. The molecule has 0 aliphatic carbocycles. The van der Waals surface area contributed by atoms with E-state index in [1.54, 1.807) is 0 Å². The molecule has 2 N–H and O–H groups in total. The second-order valence-electron chi connectivity index (χ2n) is 11.4. The molecule has 0 heterocycles. The first-order chi connectivity index (χ1) is 26.0.